The first-order valence-corrected chi connectivity index (χ1v) is 3.82. The van der Waals surface area contributed by atoms with E-state index >= 15 is 0 Å². The van der Waals surface area contributed by atoms with Gasteiger partial charge in [-0.15, -0.1) is 0 Å². The topological polar surface area (TPSA) is 29.1 Å². The average molecular weight is 153 g/mol. The third-order valence-electron chi connectivity index (χ3n) is 1.58. The molecule has 0 aromatic rings. The molecule has 0 rings (SSSR count). The summed E-state index contributed by atoms with van der Waals surface area (Å²) in [5.74, 6) is 3.18. The summed E-state index contributed by atoms with van der Waals surface area (Å²) >= 11 is 0. The van der Waals surface area contributed by atoms with Gasteiger partial charge >= 0.3 is 0 Å². The number of rotatable bonds is 4. The molecule has 1 atom stereocenters. The van der Waals surface area contributed by atoms with Gasteiger partial charge in [-0.2, -0.15) is 0 Å². The predicted molar refractivity (Wildman–Crippen MR) is 45.8 cm³/mol. The highest BCUT2D eigenvalue weighted by atomic mass is 16.1. The Morgan fingerprint density at radius 1 is 1.55 bits per heavy atom. The molecule has 62 valence electrons. The van der Waals surface area contributed by atoms with Gasteiger partial charge in [0.05, 0.1) is 0 Å². The molecule has 0 aliphatic carbocycles. The molecule has 0 bridgehead atoms. The highest BCUT2D eigenvalue weighted by molar-refractivity contribution is 5.54. The first kappa shape index (κ1) is 10.0. The van der Waals surface area contributed by atoms with Crippen molar-refractivity contribution in [3.8, 4) is 12.0 Å². The van der Waals surface area contributed by atoms with Gasteiger partial charge < -0.3 is 10.1 Å². The van der Waals surface area contributed by atoms with Crippen LogP contribution in [0.2, 0.25) is 0 Å². The van der Waals surface area contributed by atoms with E-state index in [1.165, 1.54) is 0 Å². The third kappa shape index (κ3) is 4.44. The van der Waals surface area contributed by atoms with E-state index in [1.807, 2.05) is 13.8 Å². The van der Waals surface area contributed by atoms with Crippen molar-refractivity contribution in [3.63, 3.8) is 0 Å². The number of carbonyl (C=O) groups excluding carboxylic acids is 1. The molecule has 2 nitrogen and oxygen atoms in total. The lowest BCUT2D eigenvalue weighted by Gasteiger charge is -2.12. The second-order valence-electron chi connectivity index (χ2n) is 2.80. The maximum atomic E-state index is 10.5. The SMILES string of the molecule is CC#CNCC(C=O)C(C)C. The minimum absolute atomic E-state index is 0.0795. The number of carbonyl (C=O) groups is 1. The van der Waals surface area contributed by atoms with Gasteiger partial charge in [-0.3, -0.25) is 0 Å². The molecule has 0 aromatic heterocycles. The van der Waals surface area contributed by atoms with E-state index in [1.54, 1.807) is 6.92 Å². The van der Waals surface area contributed by atoms with Gasteiger partial charge in [0.2, 0.25) is 0 Å². The average Bonchev–Trinajstić information content (AvgIpc) is 1.97. The Morgan fingerprint density at radius 2 is 2.18 bits per heavy atom. The molecule has 0 amide bonds. The van der Waals surface area contributed by atoms with Crippen LogP contribution in [0.5, 0.6) is 0 Å². The van der Waals surface area contributed by atoms with Crippen LogP contribution < -0.4 is 5.32 Å². The Bertz CT molecular complexity index is 164. The Morgan fingerprint density at radius 3 is 2.55 bits per heavy atom. The van der Waals surface area contributed by atoms with E-state index in [0.717, 1.165) is 6.29 Å². The molecule has 11 heavy (non-hydrogen) atoms. The molecule has 0 spiro atoms. The lowest BCUT2D eigenvalue weighted by molar-refractivity contribution is -0.112. The van der Waals surface area contributed by atoms with Crippen LogP contribution in [0.15, 0.2) is 0 Å². The van der Waals surface area contributed by atoms with Crippen LogP contribution in [0.4, 0.5) is 0 Å². The molecule has 1 unspecified atom stereocenters. The van der Waals surface area contributed by atoms with Crippen molar-refractivity contribution >= 4 is 6.29 Å². The van der Waals surface area contributed by atoms with Crippen LogP contribution in [-0.4, -0.2) is 12.8 Å². The molecule has 0 saturated heterocycles. The monoisotopic (exact) mass is 153 g/mol. The maximum absolute atomic E-state index is 10.5. The number of aldehydes is 1. The van der Waals surface area contributed by atoms with Crippen LogP contribution in [0.3, 0.4) is 0 Å². The van der Waals surface area contributed by atoms with Gasteiger partial charge in [-0.05, 0) is 12.8 Å². The third-order valence-corrected chi connectivity index (χ3v) is 1.58. The molecular weight excluding hydrogens is 138 g/mol. The number of hydrogen-bond acceptors (Lipinski definition) is 2. The van der Waals surface area contributed by atoms with E-state index in [2.05, 4.69) is 17.3 Å². The van der Waals surface area contributed by atoms with Crippen LogP contribution >= 0.6 is 0 Å². The fourth-order valence-corrected chi connectivity index (χ4v) is 0.698. The molecule has 0 aromatic carbocycles. The Hall–Kier alpha value is -0.970. The van der Waals surface area contributed by atoms with Crippen LogP contribution in [-0.2, 0) is 4.79 Å². The minimum atomic E-state index is 0.0795. The number of hydrogen-bond donors (Lipinski definition) is 1. The minimum Gasteiger partial charge on any atom is -0.345 e. The molecule has 0 heterocycles. The van der Waals surface area contributed by atoms with E-state index in [-0.39, 0.29) is 5.92 Å². The summed E-state index contributed by atoms with van der Waals surface area (Å²) in [6.45, 7) is 6.47. The smallest absolute Gasteiger partial charge is 0.125 e. The van der Waals surface area contributed by atoms with Crippen molar-refractivity contribution in [1.29, 1.82) is 0 Å². The van der Waals surface area contributed by atoms with Crippen molar-refractivity contribution in [2.75, 3.05) is 6.54 Å². The summed E-state index contributed by atoms with van der Waals surface area (Å²) in [5, 5.41) is 2.88. The zero-order valence-corrected chi connectivity index (χ0v) is 7.35. The summed E-state index contributed by atoms with van der Waals surface area (Å²) in [6, 6.07) is 2.71. The molecule has 0 aliphatic rings. The van der Waals surface area contributed by atoms with Crippen molar-refractivity contribution in [2.45, 2.75) is 20.8 Å². The van der Waals surface area contributed by atoms with Gasteiger partial charge in [-0.1, -0.05) is 19.8 Å². The summed E-state index contributed by atoms with van der Waals surface area (Å²) in [4.78, 5) is 10.5. The Kier molecular flexibility index (Phi) is 5.28. The lowest BCUT2D eigenvalue weighted by Crippen LogP contribution is -2.23. The fraction of sp³-hybridized carbons (Fsp3) is 0.667. The van der Waals surface area contributed by atoms with Crippen molar-refractivity contribution in [1.82, 2.24) is 5.32 Å². The zero-order chi connectivity index (χ0) is 8.69. The molecular formula is C9H15NO. The summed E-state index contributed by atoms with van der Waals surface area (Å²) in [6.07, 6.45) is 0.981. The quantitative estimate of drug-likeness (QED) is 0.371. The van der Waals surface area contributed by atoms with Gasteiger partial charge in [0, 0.05) is 18.5 Å². The van der Waals surface area contributed by atoms with Crippen molar-refractivity contribution < 1.29 is 4.79 Å². The standard InChI is InChI=1S/C9H15NO/c1-4-5-10-6-9(7-11)8(2)3/h7-10H,6H2,1-3H3. The van der Waals surface area contributed by atoms with Gasteiger partial charge in [0.25, 0.3) is 0 Å². The Labute approximate surface area is 68.4 Å². The number of nitrogens with one attached hydrogen (secondary N) is 1. The molecule has 0 fully saturated rings. The van der Waals surface area contributed by atoms with Crippen molar-refractivity contribution in [3.05, 3.63) is 0 Å². The largest absolute Gasteiger partial charge is 0.345 e. The van der Waals surface area contributed by atoms with Gasteiger partial charge in [0.15, 0.2) is 0 Å². The van der Waals surface area contributed by atoms with E-state index in [0.29, 0.717) is 12.5 Å². The van der Waals surface area contributed by atoms with E-state index in [4.69, 9.17) is 0 Å². The normalized spacial score (nSPS) is 11.6. The summed E-state index contributed by atoms with van der Waals surface area (Å²) in [5.41, 5.74) is 0. The summed E-state index contributed by atoms with van der Waals surface area (Å²) in [7, 11) is 0. The highest BCUT2D eigenvalue weighted by Gasteiger charge is 2.09. The lowest BCUT2D eigenvalue weighted by atomic mass is 9.98. The predicted octanol–water partition coefficient (Wildman–Crippen LogP) is 1.03. The first-order chi connectivity index (χ1) is 5.22. The zero-order valence-electron chi connectivity index (χ0n) is 7.35. The Balaban J connectivity index is 3.66. The summed E-state index contributed by atoms with van der Waals surface area (Å²) < 4.78 is 0. The first-order valence-electron chi connectivity index (χ1n) is 3.82. The molecule has 1 N–H and O–H groups in total. The molecule has 2 heteroatoms. The molecule has 0 radical (unpaired) electrons. The second kappa shape index (κ2) is 5.79. The van der Waals surface area contributed by atoms with Crippen LogP contribution in [0, 0.1) is 23.8 Å². The van der Waals surface area contributed by atoms with Crippen LogP contribution in [0.1, 0.15) is 20.8 Å². The molecule has 0 aliphatic heterocycles. The van der Waals surface area contributed by atoms with E-state index < -0.39 is 0 Å². The van der Waals surface area contributed by atoms with Crippen molar-refractivity contribution in [2.24, 2.45) is 11.8 Å². The van der Waals surface area contributed by atoms with Crippen LogP contribution in [0.25, 0.3) is 0 Å². The fourth-order valence-electron chi connectivity index (χ4n) is 0.698. The van der Waals surface area contributed by atoms with Gasteiger partial charge in [0.1, 0.15) is 6.29 Å². The van der Waals surface area contributed by atoms with Gasteiger partial charge in [-0.25, -0.2) is 0 Å². The molecule has 0 saturated carbocycles. The van der Waals surface area contributed by atoms with E-state index in [9.17, 15) is 4.79 Å². The maximum Gasteiger partial charge on any atom is 0.125 e. The second-order valence-corrected chi connectivity index (χ2v) is 2.80. The highest BCUT2D eigenvalue weighted by Crippen LogP contribution is 2.05.